The minimum atomic E-state index is -3.63. The minimum absolute atomic E-state index is 0.121. The summed E-state index contributed by atoms with van der Waals surface area (Å²) >= 11 is 6.63. The van der Waals surface area contributed by atoms with Gasteiger partial charge in [-0.05, 0) is 24.6 Å². The first-order valence-electron chi connectivity index (χ1n) is 5.54. The predicted molar refractivity (Wildman–Crippen MR) is 77.0 cm³/mol. The first kappa shape index (κ1) is 14.9. The van der Waals surface area contributed by atoms with E-state index in [0.29, 0.717) is 11.3 Å². The largest absolute Gasteiger partial charge is 0.252 e. The minimum Gasteiger partial charge on any atom is -0.229 e. The lowest BCUT2D eigenvalue weighted by atomic mass is 10.1. The van der Waals surface area contributed by atoms with Gasteiger partial charge < -0.3 is 0 Å². The van der Waals surface area contributed by atoms with Crippen molar-refractivity contribution in [2.24, 2.45) is 0 Å². The Morgan fingerprint density at radius 2 is 2.05 bits per heavy atom. The van der Waals surface area contributed by atoms with E-state index in [-0.39, 0.29) is 15.2 Å². The van der Waals surface area contributed by atoms with Crippen molar-refractivity contribution in [3.8, 4) is 6.07 Å². The van der Waals surface area contributed by atoms with Gasteiger partial charge in [0.1, 0.15) is 0 Å². The Morgan fingerprint density at radius 1 is 1.40 bits per heavy atom. The van der Waals surface area contributed by atoms with E-state index in [4.69, 9.17) is 16.9 Å². The van der Waals surface area contributed by atoms with Gasteiger partial charge in [-0.2, -0.15) is 5.26 Å². The van der Waals surface area contributed by atoms with Crippen LogP contribution in [0.3, 0.4) is 0 Å². The lowest BCUT2D eigenvalue weighted by molar-refractivity contribution is 0.582. The number of rotatable bonds is 4. The van der Waals surface area contributed by atoms with E-state index in [0.717, 1.165) is 16.9 Å². The van der Waals surface area contributed by atoms with Gasteiger partial charge in [0.05, 0.1) is 17.3 Å². The number of sulfonamides is 1. The zero-order valence-electron chi connectivity index (χ0n) is 10.4. The van der Waals surface area contributed by atoms with Crippen molar-refractivity contribution in [3.63, 3.8) is 0 Å². The summed E-state index contributed by atoms with van der Waals surface area (Å²) in [5.74, 6) is 0. The fraction of sp³-hybridized carbons (Fsp3) is 0.167. The quantitative estimate of drug-likeness (QED) is 0.935. The second kappa shape index (κ2) is 5.89. The number of hydrogen-bond donors (Lipinski definition) is 1. The maximum atomic E-state index is 12.1. The molecule has 5 nitrogen and oxygen atoms in total. The number of nitrogens with one attached hydrogen (secondary N) is 1. The van der Waals surface area contributed by atoms with Gasteiger partial charge in [-0.1, -0.05) is 35.1 Å². The number of aromatic nitrogens is 1. The summed E-state index contributed by atoms with van der Waals surface area (Å²) in [5.41, 5.74) is 1.68. The Kier molecular flexibility index (Phi) is 4.40. The molecular weight excluding hydrogens is 318 g/mol. The Morgan fingerprint density at radius 3 is 2.55 bits per heavy atom. The summed E-state index contributed by atoms with van der Waals surface area (Å²) in [7, 11) is -3.63. The summed E-state index contributed by atoms with van der Waals surface area (Å²) in [4.78, 5) is 3.88. The van der Waals surface area contributed by atoms with E-state index in [1.165, 1.54) is 0 Å². The maximum absolute atomic E-state index is 12.1. The molecule has 1 N–H and O–H groups in total. The molecule has 0 aliphatic heterocycles. The molecule has 0 fully saturated rings. The number of benzene rings is 1. The summed E-state index contributed by atoms with van der Waals surface area (Å²) in [6.45, 7) is 1.74. The molecule has 0 amide bonds. The average molecular weight is 328 g/mol. The summed E-state index contributed by atoms with van der Waals surface area (Å²) in [5, 5.41) is 8.69. The second-order valence-electron chi connectivity index (χ2n) is 3.97. The zero-order chi connectivity index (χ0) is 14.8. The van der Waals surface area contributed by atoms with E-state index in [1.54, 1.807) is 31.2 Å². The molecule has 0 bridgehead atoms. The topological polar surface area (TPSA) is 82.8 Å². The van der Waals surface area contributed by atoms with Crippen molar-refractivity contribution in [2.75, 3.05) is 0 Å². The van der Waals surface area contributed by atoms with Crippen LogP contribution >= 0.6 is 22.9 Å². The third kappa shape index (κ3) is 3.35. The van der Waals surface area contributed by atoms with Gasteiger partial charge in [-0.3, -0.25) is 0 Å². The van der Waals surface area contributed by atoms with E-state index in [2.05, 4.69) is 9.71 Å². The molecule has 0 spiro atoms. The highest BCUT2D eigenvalue weighted by Crippen LogP contribution is 2.26. The van der Waals surface area contributed by atoms with Crippen molar-refractivity contribution >= 4 is 33.0 Å². The predicted octanol–water partition coefficient (Wildman–Crippen LogP) is 2.46. The summed E-state index contributed by atoms with van der Waals surface area (Å²) < 4.78 is 27.0. The molecule has 1 aromatic carbocycles. The smallest absolute Gasteiger partial charge is 0.229 e. The highest BCUT2D eigenvalue weighted by atomic mass is 35.5. The van der Waals surface area contributed by atoms with Crippen LogP contribution in [0.25, 0.3) is 0 Å². The third-order valence-corrected chi connectivity index (χ3v) is 5.79. The molecule has 0 aliphatic rings. The summed E-state index contributed by atoms with van der Waals surface area (Å²) in [6, 6.07) is 8.68. The van der Waals surface area contributed by atoms with Crippen molar-refractivity contribution in [2.45, 2.75) is 17.7 Å². The fourth-order valence-corrected chi connectivity index (χ4v) is 4.34. The van der Waals surface area contributed by atoms with Crippen LogP contribution in [0.4, 0.5) is 0 Å². The van der Waals surface area contributed by atoms with Crippen LogP contribution in [0.1, 0.15) is 16.8 Å². The molecule has 104 valence electrons. The normalized spacial score (nSPS) is 11.2. The second-order valence-corrected chi connectivity index (χ2v) is 7.52. The van der Waals surface area contributed by atoms with E-state index < -0.39 is 10.0 Å². The Hall–Kier alpha value is -1.46. The first-order chi connectivity index (χ1) is 9.42. The van der Waals surface area contributed by atoms with Crippen LogP contribution in [0.15, 0.2) is 28.5 Å². The highest BCUT2D eigenvalue weighted by molar-refractivity contribution is 7.91. The highest BCUT2D eigenvalue weighted by Gasteiger charge is 2.20. The van der Waals surface area contributed by atoms with Gasteiger partial charge >= 0.3 is 0 Å². The van der Waals surface area contributed by atoms with Gasteiger partial charge in [0.15, 0.2) is 8.68 Å². The fourth-order valence-electron chi connectivity index (χ4n) is 1.54. The Bertz CT molecular complexity index is 761. The standard InChI is InChI=1S/C12H10ClN3O2S2/c1-8-11(19-12(13)16-8)20(17,18)15-7-10-4-2-9(6-14)3-5-10/h2-5,15H,7H2,1H3. The molecular formula is C12H10ClN3O2S2. The molecule has 0 atom stereocenters. The number of hydrogen-bond acceptors (Lipinski definition) is 5. The lowest BCUT2D eigenvalue weighted by Gasteiger charge is -2.05. The molecule has 0 radical (unpaired) electrons. The number of thiazole rings is 1. The molecule has 1 aromatic heterocycles. The molecule has 2 aromatic rings. The maximum Gasteiger partial charge on any atom is 0.252 e. The Labute approximate surface area is 125 Å². The van der Waals surface area contributed by atoms with Gasteiger partial charge in [-0.25, -0.2) is 18.1 Å². The molecule has 20 heavy (non-hydrogen) atoms. The van der Waals surface area contributed by atoms with Gasteiger partial charge in [0, 0.05) is 6.54 Å². The van der Waals surface area contributed by atoms with Crippen LogP contribution in [-0.2, 0) is 16.6 Å². The molecule has 1 heterocycles. The van der Waals surface area contributed by atoms with Crippen molar-refractivity contribution < 1.29 is 8.42 Å². The van der Waals surface area contributed by atoms with Crippen molar-refractivity contribution in [3.05, 3.63) is 45.6 Å². The van der Waals surface area contributed by atoms with Crippen LogP contribution in [0.5, 0.6) is 0 Å². The molecule has 2 rings (SSSR count). The number of aryl methyl sites for hydroxylation is 1. The number of nitrogens with zero attached hydrogens (tertiary/aromatic N) is 2. The van der Waals surface area contributed by atoms with Gasteiger partial charge in [-0.15, -0.1) is 0 Å². The number of halogens is 1. The van der Waals surface area contributed by atoms with Crippen LogP contribution in [-0.4, -0.2) is 13.4 Å². The van der Waals surface area contributed by atoms with Gasteiger partial charge in [0.25, 0.3) is 10.0 Å². The van der Waals surface area contributed by atoms with Gasteiger partial charge in [0.2, 0.25) is 0 Å². The van der Waals surface area contributed by atoms with Crippen LogP contribution in [0.2, 0.25) is 4.47 Å². The SMILES string of the molecule is Cc1nc(Cl)sc1S(=O)(=O)NCc1ccc(C#N)cc1. The third-order valence-electron chi connectivity index (χ3n) is 2.52. The molecule has 0 saturated carbocycles. The molecule has 0 aliphatic carbocycles. The zero-order valence-corrected chi connectivity index (χ0v) is 12.8. The first-order valence-corrected chi connectivity index (χ1v) is 8.22. The molecule has 0 saturated heterocycles. The monoisotopic (exact) mass is 327 g/mol. The van der Waals surface area contributed by atoms with E-state index >= 15 is 0 Å². The van der Waals surface area contributed by atoms with Crippen molar-refractivity contribution in [1.82, 2.24) is 9.71 Å². The van der Waals surface area contributed by atoms with Crippen LogP contribution in [0, 0.1) is 18.3 Å². The lowest BCUT2D eigenvalue weighted by Crippen LogP contribution is -2.23. The van der Waals surface area contributed by atoms with E-state index in [9.17, 15) is 8.42 Å². The summed E-state index contributed by atoms with van der Waals surface area (Å²) in [6.07, 6.45) is 0. The van der Waals surface area contributed by atoms with Crippen LogP contribution < -0.4 is 4.72 Å². The molecule has 0 unspecified atom stereocenters. The Balaban J connectivity index is 2.13. The average Bonchev–Trinajstić information content (AvgIpc) is 2.77. The van der Waals surface area contributed by atoms with E-state index in [1.807, 2.05) is 6.07 Å². The van der Waals surface area contributed by atoms with Crippen molar-refractivity contribution in [1.29, 1.82) is 5.26 Å². The number of nitriles is 1. The molecule has 8 heteroatoms.